The highest BCUT2D eigenvalue weighted by atomic mass is 15.2. The summed E-state index contributed by atoms with van der Waals surface area (Å²) >= 11 is 0. The zero-order valence-electron chi connectivity index (χ0n) is 9.63. The van der Waals surface area contributed by atoms with Gasteiger partial charge in [0.15, 0.2) is 0 Å². The summed E-state index contributed by atoms with van der Waals surface area (Å²) in [5.74, 6) is 0.915. The Balaban J connectivity index is 1.86. The highest BCUT2D eigenvalue weighted by molar-refractivity contribution is 4.83. The van der Waals surface area contributed by atoms with Gasteiger partial charge >= 0.3 is 0 Å². The Morgan fingerprint density at radius 3 is 2.43 bits per heavy atom. The largest absolute Gasteiger partial charge is 0.316 e. The first-order chi connectivity index (χ1) is 6.77. The van der Waals surface area contributed by atoms with Crippen molar-refractivity contribution in [1.29, 1.82) is 0 Å². The van der Waals surface area contributed by atoms with Gasteiger partial charge < -0.3 is 5.32 Å². The van der Waals surface area contributed by atoms with Gasteiger partial charge in [-0.1, -0.05) is 6.42 Å². The molecule has 0 aliphatic carbocycles. The van der Waals surface area contributed by atoms with Crippen LogP contribution in [0.1, 0.15) is 39.5 Å². The lowest BCUT2D eigenvalue weighted by molar-refractivity contribution is 0.0871. The second-order valence-corrected chi connectivity index (χ2v) is 5.18. The van der Waals surface area contributed by atoms with Gasteiger partial charge in [0.1, 0.15) is 0 Å². The van der Waals surface area contributed by atoms with E-state index in [9.17, 15) is 0 Å². The van der Waals surface area contributed by atoms with Crippen LogP contribution in [0.2, 0.25) is 0 Å². The maximum atomic E-state index is 3.46. The minimum Gasteiger partial charge on any atom is -0.316 e. The number of nitrogens with zero attached hydrogens (tertiary/aromatic N) is 1. The van der Waals surface area contributed by atoms with Crippen molar-refractivity contribution in [2.45, 2.75) is 51.6 Å². The SMILES string of the molecule is C[C@@H]1CCC[C@H](C)N1CC1CCNC1. The summed E-state index contributed by atoms with van der Waals surface area (Å²) in [4.78, 5) is 2.74. The van der Waals surface area contributed by atoms with Crippen molar-refractivity contribution in [3.63, 3.8) is 0 Å². The predicted molar refractivity (Wildman–Crippen MR) is 60.5 cm³/mol. The van der Waals surface area contributed by atoms with Crippen molar-refractivity contribution in [2.24, 2.45) is 5.92 Å². The number of hydrogen-bond donors (Lipinski definition) is 1. The van der Waals surface area contributed by atoms with Gasteiger partial charge in [-0.05, 0) is 52.1 Å². The van der Waals surface area contributed by atoms with Gasteiger partial charge in [-0.25, -0.2) is 0 Å². The number of rotatable bonds is 2. The van der Waals surface area contributed by atoms with Crippen molar-refractivity contribution >= 4 is 0 Å². The van der Waals surface area contributed by atoms with Gasteiger partial charge in [0, 0.05) is 18.6 Å². The normalized spacial score (nSPS) is 40.3. The van der Waals surface area contributed by atoms with Gasteiger partial charge in [-0.15, -0.1) is 0 Å². The monoisotopic (exact) mass is 196 g/mol. The first-order valence-corrected chi connectivity index (χ1v) is 6.24. The van der Waals surface area contributed by atoms with Crippen molar-refractivity contribution < 1.29 is 0 Å². The molecule has 0 aromatic carbocycles. The molecule has 82 valence electrons. The summed E-state index contributed by atoms with van der Waals surface area (Å²) in [6.07, 6.45) is 5.63. The lowest BCUT2D eigenvalue weighted by Crippen LogP contribution is -2.46. The van der Waals surface area contributed by atoms with Gasteiger partial charge in [-0.3, -0.25) is 4.90 Å². The van der Waals surface area contributed by atoms with E-state index >= 15 is 0 Å². The molecule has 0 aromatic rings. The maximum Gasteiger partial charge on any atom is 0.00698 e. The van der Waals surface area contributed by atoms with Crippen molar-refractivity contribution in [3.8, 4) is 0 Å². The molecule has 2 nitrogen and oxygen atoms in total. The molecule has 0 spiro atoms. The van der Waals surface area contributed by atoms with E-state index in [4.69, 9.17) is 0 Å². The minimum atomic E-state index is 0.819. The number of hydrogen-bond acceptors (Lipinski definition) is 2. The van der Waals surface area contributed by atoms with Crippen LogP contribution in [0, 0.1) is 5.92 Å². The molecule has 1 N–H and O–H groups in total. The zero-order chi connectivity index (χ0) is 9.97. The summed E-state index contributed by atoms with van der Waals surface area (Å²) in [6.45, 7) is 8.61. The van der Waals surface area contributed by atoms with E-state index in [0.29, 0.717) is 0 Å². The lowest BCUT2D eigenvalue weighted by atomic mass is 9.95. The standard InChI is InChI=1S/C12H24N2/c1-10-4-3-5-11(2)14(10)9-12-6-7-13-8-12/h10-13H,3-9H2,1-2H3/t10-,11+,12?. The first kappa shape index (κ1) is 10.4. The quantitative estimate of drug-likeness (QED) is 0.725. The van der Waals surface area contributed by atoms with Gasteiger partial charge in [0.2, 0.25) is 0 Å². The third kappa shape index (κ3) is 2.29. The molecule has 0 radical (unpaired) electrons. The number of piperidine rings is 1. The molecule has 2 aliphatic rings. The van der Waals surface area contributed by atoms with Crippen LogP contribution in [0.15, 0.2) is 0 Å². The third-order valence-electron chi connectivity index (χ3n) is 4.01. The minimum absolute atomic E-state index is 0.819. The van der Waals surface area contributed by atoms with E-state index in [1.54, 1.807) is 0 Å². The van der Waals surface area contributed by atoms with Gasteiger partial charge in [0.25, 0.3) is 0 Å². The highest BCUT2D eigenvalue weighted by Gasteiger charge is 2.27. The molecular formula is C12H24N2. The Bertz CT molecular complexity index is 165. The van der Waals surface area contributed by atoms with Gasteiger partial charge in [-0.2, -0.15) is 0 Å². The molecule has 2 fully saturated rings. The van der Waals surface area contributed by atoms with Crippen LogP contribution in [0.3, 0.4) is 0 Å². The van der Waals surface area contributed by atoms with E-state index in [-0.39, 0.29) is 0 Å². The molecule has 0 saturated carbocycles. The Morgan fingerprint density at radius 1 is 1.14 bits per heavy atom. The van der Waals surface area contributed by atoms with Crippen LogP contribution in [0.5, 0.6) is 0 Å². The van der Waals surface area contributed by atoms with E-state index in [1.807, 2.05) is 0 Å². The molecule has 0 amide bonds. The highest BCUT2D eigenvalue weighted by Crippen LogP contribution is 2.24. The second kappa shape index (κ2) is 4.63. The fourth-order valence-electron chi connectivity index (χ4n) is 3.00. The molecule has 0 aromatic heterocycles. The maximum absolute atomic E-state index is 3.46. The average molecular weight is 196 g/mol. The van der Waals surface area contributed by atoms with Crippen LogP contribution in [-0.4, -0.2) is 36.6 Å². The predicted octanol–water partition coefficient (Wildman–Crippen LogP) is 1.86. The number of likely N-dealkylation sites (tertiary alicyclic amines) is 1. The van der Waals surface area contributed by atoms with Gasteiger partial charge in [0.05, 0.1) is 0 Å². The summed E-state index contributed by atoms with van der Waals surface area (Å²) in [5, 5.41) is 3.46. The lowest BCUT2D eigenvalue weighted by Gasteiger charge is -2.40. The molecule has 3 atom stereocenters. The second-order valence-electron chi connectivity index (χ2n) is 5.18. The van der Waals surface area contributed by atoms with Crippen molar-refractivity contribution in [1.82, 2.24) is 10.2 Å². The summed E-state index contributed by atoms with van der Waals surface area (Å²) < 4.78 is 0. The molecular weight excluding hydrogens is 172 g/mol. The Morgan fingerprint density at radius 2 is 1.86 bits per heavy atom. The Kier molecular flexibility index (Phi) is 3.45. The zero-order valence-corrected chi connectivity index (χ0v) is 9.63. The number of nitrogens with one attached hydrogen (secondary N) is 1. The molecule has 2 rings (SSSR count). The third-order valence-corrected chi connectivity index (χ3v) is 4.01. The Labute approximate surface area is 88.1 Å². The molecule has 14 heavy (non-hydrogen) atoms. The molecule has 2 saturated heterocycles. The van der Waals surface area contributed by atoms with Crippen LogP contribution >= 0.6 is 0 Å². The average Bonchev–Trinajstić information content (AvgIpc) is 2.64. The topological polar surface area (TPSA) is 15.3 Å². The molecule has 0 bridgehead atoms. The fraction of sp³-hybridized carbons (Fsp3) is 1.00. The summed E-state index contributed by atoms with van der Waals surface area (Å²) in [7, 11) is 0. The van der Waals surface area contributed by atoms with Crippen LogP contribution in [0.25, 0.3) is 0 Å². The summed E-state index contributed by atoms with van der Waals surface area (Å²) in [5.41, 5.74) is 0. The molecule has 2 heteroatoms. The van der Waals surface area contributed by atoms with E-state index in [2.05, 4.69) is 24.1 Å². The first-order valence-electron chi connectivity index (χ1n) is 6.24. The van der Waals surface area contributed by atoms with Crippen LogP contribution in [-0.2, 0) is 0 Å². The Hall–Kier alpha value is -0.0800. The van der Waals surface area contributed by atoms with Crippen molar-refractivity contribution in [3.05, 3.63) is 0 Å². The molecule has 1 unspecified atom stereocenters. The smallest absolute Gasteiger partial charge is 0.00698 e. The van der Waals surface area contributed by atoms with Crippen LogP contribution in [0.4, 0.5) is 0 Å². The van der Waals surface area contributed by atoms with E-state index in [0.717, 1.165) is 18.0 Å². The molecule has 2 heterocycles. The molecule has 2 aliphatic heterocycles. The van der Waals surface area contributed by atoms with Crippen molar-refractivity contribution in [2.75, 3.05) is 19.6 Å². The van der Waals surface area contributed by atoms with E-state index in [1.165, 1.54) is 45.3 Å². The summed E-state index contributed by atoms with van der Waals surface area (Å²) in [6, 6.07) is 1.64. The van der Waals surface area contributed by atoms with Crippen LogP contribution < -0.4 is 5.32 Å². The van der Waals surface area contributed by atoms with E-state index < -0.39 is 0 Å². The fourth-order valence-corrected chi connectivity index (χ4v) is 3.00.